The SMILES string of the molecule is CCCNC(C#N)c1ccc(OC(F)(F)F)cc1. The molecule has 0 spiro atoms. The van der Waals surface area contributed by atoms with Crippen molar-refractivity contribution in [2.24, 2.45) is 0 Å². The molecule has 1 unspecified atom stereocenters. The van der Waals surface area contributed by atoms with E-state index in [1.807, 2.05) is 13.0 Å². The molecule has 0 aromatic heterocycles. The van der Waals surface area contributed by atoms with E-state index in [0.717, 1.165) is 6.42 Å². The van der Waals surface area contributed by atoms with Gasteiger partial charge in [0, 0.05) is 0 Å². The van der Waals surface area contributed by atoms with Gasteiger partial charge in [-0.3, -0.25) is 5.32 Å². The van der Waals surface area contributed by atoms with Crippen LogP contribution in [0.15, 0.2) is 24.3 Å². The van der Waals surface area contributed by atoms with Gasteiger partial charge >= 0.3 is 6.36 Å². The molecule has 1 aromatic carbocycles. The van der Waals surface area contributed by atoms with E-state index in [9.17, 15) is 13.2 Å². The van der Waals surface area contributed by atoms with Gasteiger partial charge in [-0.25, -0.2) is 0 Å². The Bertz CT molecular complexity index is 409. The van der Waals surface area contributed by atoms with Gasteiger partial charge in [0.2, 0.25) is 0 Å². The zero-order valence-electron chi connectivity index (χ0n) is 9.79. The maximum atomic E-state index is 11.9. The molecule has 18 heavy (non-hydrogen) atoms. The number of nitriles is 1. The first-order valence-electron chi connectivity index (χ1n) is 5.45. The van der Waals surface area contributed by atoms with Gasteiger partial charge < -0.3 is 4.74 Å². The molecule has 1 rings (SSSR count). The van der Waals surface area contributed by atoms with Crippen molar-refractivity contribution in [3.05, 3.63) is 29.8 Å². The molecule has 0 saturated heterocycles. The molecular formula is C12H13F3N2O. The lowest BCUT2D eigenvalue weighted by atomic mass is 10.1. The highest BCUT2D eigenvalue weighted by atomic mass is 19.4. The summed E-state index contributed by atoms with van der Waals surface area (Å²) in [5, 5.41) is 11.9. The van der Waals surface area contributed by atoms with Crippen LogP contribution in [0.2, 0.25) is 0 Å². The summed E-state index contributed by atoms with van der Waals surface area (Å²) in [6, 6.07) is 6.80. The number of alkyl halides is 3. The molecule has 1 N–H and O–H groups in total. The molecule has 1 aromatic rings. The topological polar surface area (TPSA) is 45.0 Å². The van der Waals surface area contributed by atoms with Crippen LogP contribution >= 0.6 is 0 Å². The maximum Gasteiger partial charge on any atom is 0.573 e. The van der Waals surface area contributed by atoms with Crippen molar-refractivity contribution in [2.45, 2.75) is 25.7 Å². The van der Waals surface area contributed by atoms with Crippen molar-refractivity contribution in [1.29, 1.82) is 5.26 Å². The second-order valence-corrected chi connectivity index (χ2v) is 3.63. The van der Waals surface area contributed by atoms with Crippen molar-refractivity contribution in [2.75, 3.05) is 6.54 Å². The number of hydrogen-bond acceptors (Lipinski definition) is 3. The summed E-state index contributed by atoms with van der Waals surface area (Å²) < 4.78 is 39.6. The van der Waals surface area contributed by atoms with Gasteiger partial charge in [-0.05, 0) is 30.7 Å². The van der Waals surface area contributed by atoms with Gasteiger partial charge in [0.15, 0.2) is 0 Å². The van der Waals surface area contributed by atoms with Gasteiger partial charge in [0.05, 0.1) is 6.07 Å². The van der Waals surface area contributed by atoms with Crippen LogP contribution in [-0.4, -0.2) is 12.9 Å². The zero-order chi connectivity index (χ0) is 13.6. The van der Waals surface area contributed by atoms with Crippen LogP contribution in [0.25, 0.3) is 0 Å². The fraction of sp³-hybridized carbons (Fsp3) is 0.417. The molecule has 0 heterocycles. The third-order valence-electron chi connectivity index (χ3n) is 2.17. The number of ether oxygens (including phenoxy) is 1. The average molecular weight is 258 g/mol. The first kappa shape index (κ1) is 14.3. The average Bonchev–Trinajstić information content (AvgIpc) is 2.30. The summed E-state index contributed by atoms with van der Waals surface area (Å²) >= 11 is 0. The molecular weight excluding hydrogens is 245 g/mol. The monoisotopic (exact) mass is 258 g/mol. The molecule has 6 heteroatoms. The van der Waals surface area contributed by atoms with E-state index in [4.69, 9.17) is 5.26 Å². The minimum absolute atomic E-state index is 0.293. The maximum absolute atomic E-state index is 11.9. The number of nitrogens with one attached hydrogen (secondary N) is 1. The van der Waals surface area contributed by atoms with Crippen LogP contribution in [0.3, 0.4) is 0 Å². The van der Waals surface area contributed by atoms with Gasteiger partial charge in [0.25, 0.3) is 0 Å². The second kappa shape index (κ2) is 6.26. The summed E-state index contributed by atoms with van der Waals surface area (Å²) in [5.41, 5.74) is 0.612. The number of rotatable bonds is 5. The van der Waals surface area contributed by atoms with Crippen molar-refractivity contribution >= 4 is 0 Å². The molecule has 0 aliphatic heterocycles. The molecule has 0 fully saturated rings. The van der Waals surface area contributed by atoms with E-state index in [1.54, 1.807) is 0 Å². The Morgan fingerprint density at radius 2 is 1.94 bits per heavy atom. The van der Waals surface area contributed by atoms with Crippen molar-refractivity contribution in [3.8, 4) is 11.8 Å². The Morgan fingerprint density at radius 3 is 2.39 bits per heavy atom. The van der Waals surface area contributed by atoms with Crippen LogP contribution in [0.5, 0.6) is 5.75 Å². The number of hydrogen-bond donors (Lipinski definition) is 1. The molecule has 0 radical (unpaired) electrons. The third kappa shape index (κ3) is 4.63. The molecule has 3 nitrogen and oxygen atoms in total. The van der Waals surface area contributed by atoms with Gasteiger partial charge in [0.1, 0.15) is 11.8 Å². The van der Waals surface area contributed by atoms with Crippen LogP contribution in [0.1, 0.15) is 24.9 Å². The van der Waals surface area contributed by atoms with E-state index in [2.05, 4.69) is 10.1 Å². The van der Waals surface area contributed by atoms with E-state index in [0.29, 0.717) is 12.1 Å². The predicted molar refractivity (Wildman–Crippen MR) is 59.8 cm³/mol. The fourth-order valence-electron chi connectivity index (χ4n) is 1.39. The van der Waals surface area contributed by atoms with Gasteiger partial charge in [-0.1, -0.05) is 19.1 Å². The van der Waals surface area contributed by atoms with E-state index >= 15 is 0 Å². The van der Waals surface area contributed by atoms with E-state index in [-0.39, 0.29) is 5.75 Å². The van der Waals surface area contributed by atoms with E-state index in [1.165, 1.54) is 24.3 Å². The molecule has 0 aliphatic rings. The number of benzene rings is 1. The minimum atomic E-state index is -4.70. The summed E-state index contributed by atoms with van der Waals surface area (Å²) in [6.07, 6.45) is -3.83. The summed E-state index contributed by atoms with van der Waals surface area (Å²) in [4.78, 5) is 0. The smallest absolute Gasteiger partial charge is 0.406 e. The minimum Gasteiger partial charge on any atom is -0.406 e. The lowest BCUT2D eigenvalue weighted by Gasteiger charge is -2.12. The molecule has 1 atom stereocenters. The van der Waals surface area contributed by atoms with Gasteiger partial charge in [-0.15, -0.1) is 13.2 Å². The standard InChI is InChI=1S/C12H13F3N2O/c1-2-7-17-11(8-16)9-3-5-10(6-4-9)18-12(13,14)15/h3-6,11,17H,2,7H2,1H3. The summed E-state index contributed by atoms with van der Waals surface area (Å²) in [5.74, 6) is -0.293. The van der Waals surface area contributed by atoms with Crippen molar-refractivity contribution in [1.82, 2.24) is 5.32 Å². The zero-order valence-corrected chi connectivity index (χ0v) is 9.79. The van der Waals surface area contributed by atoms with E-state index < -0.39 is 12.4 Å². The van der Waals surface area contributed by atoms with Crippen molar-refractivity contribution < 1.29 is 17.9 Å². The van der Waals surface area contributed by atoms with Crippen molar-refractivity contribution in [3.63, 3.8) is 0 Å². The Balaban J connectivity index is 2.72. The first-order valence-corrected chi connectivity index (χ1v) is 5.45. The second-order valence-electron chi connectivity index (χ2n) is 3.63. The third-order valence-corrected chi connectivity index (χ3v) is 2.17. The summed E-state index contributed by atoms with van der Waals surface area (Å²) in [7, 11) is 0. The summed E-state index contributed by atoms with van der Waals surface area (Å²) in [6.45, 7) is 2.63. The molecule has 0 bridgehead atoms. The Kier molecular flexibility index (Phi) is 4.98. The molecule has 0 saturated carbocycles. The predicted octanol–water partition coefficient (Wildman–Crippen LogP) is 3.15. The highest BCUT2D eigenvalue weighted by Gasteiger charge is 2.31. The lowest BCUT2D eigenvalue weighted by molar-refractivity contribution is -0.274. The highest BCUT2D eigenvalue weighted by Crippen LogP contribution is 2.24. The van der Waals surface area contributed by atoms with Crippen LogP contribution in [0, 0.1) is 11.3 Å². The Hall–Kier alpha value is -1.74. The molecule has 98 valence electrons. The Morgan fingerprint density at radius 1 is 1.33 bits per heavy atom. The molecule has 0 amide bonds. The van der Waals surface area contributed by atoms with Crippen LogP contribution < -0.4 is 10.1 Å². The quantitative estimate of drug-likeness (QED) is 0.882. The van der Waals surface area contributed by atoms with Gasteiger partial charge in [-0.2, -0.15) is 5.26 Å². The fourth-order valence-corrected chi connectivity index (χ4v) is 1.39. The van der Waals surface area contributed by atoms with Crippen LogP contribution in [0.4, 0.5) is 13.2 Å². The number of halogens is 3. The number of nitrogens with zero attached hydrogens (tertiary/aromatic N) is 1. The first-order chi connectivity index (χ1) is 8.46. The molecule has 0 aliphatic carbocycles. The normalized spacial score (nSPS) is 12.8. The highest BCUT2D eigenvalue weighted by molar-refractivity contribution is 5.31. The van der Waals surface area contributed by atoms with Crippen LogP contribution in [-0.2, 0) is 0 Å². The lowest BCUT2D eigenvalue weighted by Crippen LogP contribution is -2.20. The largest absolute Gasteiger partial charge is 0.573 e. The Labute approximate surface area is 103 Å².